The van der Waals surface area contributed by atoms with Gasteiger partial charge in [0.05, 0.1) is 5.56 Å². The molecule has 0 unspecified atom stereocenters. The molecule has 1 aliphatic rings. The van der Waals surface area contributed by atoms with Gasteiger partial charge in [0.1, 0.15) is 0 Å². The molecular formula is C10H6O6. The second-order valence-corrected chi connectivity index (χ2v) is 3.24. The lowest BCUT2D eigenvalue weighted by atomic mass is 9.92. The smallest absolute Gasteiger partial charge is 0.228 e. The molecule has 0 bridgehead atoms. The molecule has 0 aromatic heterocycles. The monoisotopic (exact) mass is 222 g/mol. The van der Waals surface area contributed by atoms with Gasteiger partial charge in [0, 0.05) is 11.6 Å². The molecule has 0 saturated heterocycles. The van der Waals surface area contributed by atoms with E-state index >= 15 is 0 Å². The topological polar surface area (TPSA) is 115 Å². The average Bonchev–Trinajstić information content (AvgIpc) is 2.22. The lowest BCUT2D eigenvalue weighted by molar-refractivity contribution is 0.0936. The van der Waals surface area contributed by atoms with Crippen LogP contribution in [0.4, 0.5) is 0 Å². The molecule has 16 heavy (non-hydrogen) atoms. The van der Waals surface area contributed by atoms with Crippen molar-refractivity contribution in [3.63, 3.8) is 0 Å². The molecular weight excluding hydrogens is 216 g/mol. The van der Waals surface area contributed by atoms with E-state index in [0.717, 1.165) is 6.07 Å². The van der Waals surface area contributed by atoms with Crippen LogP contribution in [0, 0.1) is 0 Å². The minimum atomic E-state index is -0.903. The van der Waals surface area contributed by atoms with Crippen molar-refractivity contribution in [1.82, 2.24) is 0 Å². The summed E-state index contributed by atoms with van der Waals surface area (Å²) in [6.45, 7) is 0. The number of hydrogen-bond acceptors (Lipinski definition) is 6. The van der Waals surface area contributed by atoms with Crippen molar-refractivity contribution >= 4 is 11.6 Å². The van der Waals surface area contributed by atoms with Crippen molar-refractivity contribution < 1.29 is 30.0 Å². The molecule has 1 aromatic carbocycles. The Labute approximate surface area is 88.7 Å². The van der Waals surface area contributed by atoms with Gasteiger partial charge in [-0.05, 0) is 6.07 Å². The molecule has 0 aliphatic heterocycles. The highest BCUT2D eigenvalue weighted by Crippen LogP contribution is 2.41. The van der Waals surface area contributed by atoms with E-state index in [1.165, 1.54) is 0 Å². The van der Waals surface area contributed by atoms with Gasteiger partial charge in [-0.1, -0.05) is 0 Å². The number of benzene rings is 1. The molecule has 0 amide bonds. The maximum Gasteiger partial charge on any atom is 0.228 e. The summed E-state index contributed by atoms with van der Waals surface area (Å²) in [5.74, 6) is -5.00. The Morgan fingerprint density at radius 1 is 0.938 bits per heavy atom. The molecule has 4 N–H and O–H groups in total. The van der Waals surface area contributed by atoms with Crippen LogP contribution in [-0.4, -0.2) is 32.0 Å². The number of fused-ring (bicyclic) bond motifs is 1. The molecule has 0 radical (unpaired) electrons. The first-order chi connectivity index (χ1) is 7.43. The van der Waals surface area contributed by atoms with Crippen molar-refractivity contribution in [3.8, 4) is 17.2 Å². The number of allylic oxidation sites excluding steroid dienone is 2. The summed E-state index contributed by atoms with van der Waals surface area (Å²) >= 11 is 0. The summed E-state index contributed by atoms with van der Waals surface area (Å²) in [7, 11) is 0. The van der Waals surface area contributed by atoms with E-state index < -0.39 is 40.1 Å². The number of rotatable bonds is 0. The molecule has 82 valence electrons. The number of carbonyl (C=O) groups is 2. The fourth-order valence-electron chi connectivity index (χ4n) is 1.47. The summed E-state index contributed by atoms with van der Waals surface area (Å²) in [5, 5.41) is 36.9. The number of ketones is 2. The first kappa shape index (κ1) is 10.0. The van der Waals surface area contributed by atoms with Crippen LogP contribution in [-0.2, 0) is 0 Å². The van der Waals surface area contributed by atoms with Gasteiger partial charge in [-0.15, -0.1) is 0 Å². The molecule has 2 rings (SSSR count). The number of phenolic OH excluding ortho intramolecular Hbond substituents is 3. The number of carbonyl (C=O) groups excluding carboxylic acids is 2. The largest absolute Gasteiger partial charge is 0.504 e. The van der Waals surface area contributed by atoms with Gasteiger partial charge in [-0.2, -0.15) is 0 Å². The molecule has 0 fully saturated rings. The SMILES string of the molecule is O=C1C(O)=CC(=O)c2c1cc(O)c(O)c2O. The summed E-state index contributed by atoms with van der Waals surface area (Å²) in [4.78, 5) is 22.8. The van der Waals surface area contributed by atoms with Gasteiger partial charge in [0.25, 0.3) is 0 Å². The first-order valence-corrected chi connectivity index (χ1v) is 4.21. The van der Waals surface area contributed by atoms with Gasteiger partial charge < -0.3 is 20.4 Å². The number of hydrogen-bond donors (Lipinski definition) is 4. The predicted molar refractivity (Wildman–Crippen MR) is 50.8 cm³/mol. The van der Waals surface area contributed by atoms with E-state index in [0.29, 0.717) is 6.08 Å². The molecule has 1 aromatic rings. The zero-order valence-corrected chi connectivity index (χ0v) is 7.76. The van der Waals surface area contributed by atoms with Crippen molar-refractivity contribution in [2.75, 3.05) is 0 Å². The fourth-order valence-corrected chi connectivity index (χ4v) is 1.47. The van der Waals surface area contributed by atoms with Crippen molar-refractivity contribution in [3.05, 3.63) is 29.0 Å². The highest BCUT2D eigenvalue weighted by Gasteiger charge is 2.31. The van der Waals surface area contributed by atoms with Crippen LogP contribution in [0.15, 0.2) is 17.9 Å². The van der Waals surface area contributed by atoms with Gasteiger partial charge >= 0.3 is 0 Å². The van der Waals surface area contributed by atoms with Crippen molar-refractivity contribution in [2.45, 2.75) is 0 Å². The lowest BCUT2D eigenvalue weighted by Crippen LogP contribution is -2.16. The molecule has 6 heteroatoms. The van der Waals surface area contributed by atoms with Crippen LogP contribution in [0.5, 0.6) is 17.2 Å². The van der Waals surface area contributed by atoms with E-state index in [4.69, 9.17) is 5.11 Å². The highest BCUT2D eigenvalue weighted by atomic mass is 16.3. The Kier molecular flexibility index (Phi) is 1.88. The van der Waals surface area contributed by atoms with Crippen LogP contribution < -0.4 is 0 Å². The predicted octanol–water partition coefficient (Wildman–Crippen LogP) is 0.624. The van der Waals surface area contributed by atoms with Crippen molar-refractivity contribution in [2.24, 2.45) is 0 Å². The Hall–Kier alpha value is -2.50. The maximum atomic E-state index is 11.4. The Bertz CT molecular complexity index is 555. The molecule has 0 heterocycles. The second kappa shape index (κ2) is 2.99. The third-order valence-electron chi connectivity index (χ3n) is 2.25. The van der Waals surface area contributed by atoms with E-state index in [9.17, 15) is 24.9 Å². The normalized spacial score (nSPS) is 14.6. The van der Waals surface area contributed by atoms with E-state index in [1.807, 2.05) is 0 Å². The number of phenols is 3. The molecule has 0 saturated carbocycles. The Morgan fingerprint density at radius 3 is 2.19 bits per heavy atom. The Morgan fingerprint density at radius 2 is 1.56 bits per heavy atom. The number of aliphatic hydroxyl groups is 1. The first-order valence-electron chi connectivity index (χ1n) is 4.21. The van der Waals surface area contributed by atoms with Crippen LogP contribution in [0.25, 0.3) is 0 Å². The zero-order chi connectivity index (χ0) is 12.0. The second-order valence-electron chi connectivity index (χ2n) is 3.24. The minimum Gasteiger partial charge on any atom is -0.504 e. The van der Waals surface area contributed by atoms with E-state index in [2.05, 4.69) is 0 Å². The lowest BCUT2D eigenvalue weighted by Gasteiger charge is -2.14. The van der Waals surface area contributed by atoms with Crippen LogP contribution in [0.3, 0.4) is 0 Å². The summed E-state index contributed by atoms with van der Waals surface area (Å²) < 4.78 is 0. The third kappa shape index (κ3) is 1.13. The molecule has 1 aliphatic carbocycles. The molecule has 0 atom stereocenters. The maximum absolute atomic E-state index is 11.4. The standard InChI is InChI=1S/C10H6O6/c11-4-2-6(13)8(14)3-1-5(12)9(15)10(16)7(3)4/h1-2,12-13,15-16H. The van der Waals surface area contributed by atoms with E-state index in [-0.39, 0.29) is 5.56 Å². The van der Waals surface area contributed by atoms with E-state index in [1.54, 1.807) is 0 Å². The van der Waals surface area contributed by atoms with Gasteiger partial charge in [0.2, 0.25) is 11.5 Å². The summed E-state index contributed by atoms with van der Waals surface area (Å²) in [6.07, 6.45) is 0.640. The van der Waals surface area contributed by atoms with Crippen molar-refractivity contribution in [1.29, 1.82) is 0 Å². The van der Waals surface area contributed by atoms with Crippen LogP contribution in [0.1, 0.15) is 20.7 Å². The molecule has 0 spiro atoms. The minimum absolute atomic E-state index is 0.349. The number of aliphatic hydroxyl groups excluding tert-OH is 1. The number of aromatic hydroxyl groups is 3. The summed E-state index contributed by atoms with van der Waals surface area (Å²) in [5.41, 5.74) is -0.782. The Balaban J connectivity index is 2.83. The zero-order valence-electron chi connectivity index (χ0n) is 7.76. The third-order valence-corrected chi connectivity index (χ3v) is 2.25. The quantitative estimate of drug-likeness (QED) is 0.478. The van der Waals surface area contributed by atoms with Crippen LogP contribution in [0.2, 0.25) is 0 Å². The van der Waals surface area contributed by atoms with Gasteiger partial charge in [-0.3, -0.25) is 9.59 Å². The molecule has 6 nitrogen and oxygen atoms in total. The fraction of sp³-hybridized carbons (Fsp3) is 0. The average molecular weight is 222 g/mol. The highest BCUT2D eigenvalue weighted by molar-refractivity contribution is 6.25. The van der Waals surface area contributed by atoms with Crippen LogP contribution >= 0.6 is 0 Å². The number of Topliss-reactive ketones (excluding diaryl/α,β-unsaturated/α-hetero) is 1. The summed E-state index contributed by atoms with van der Waals surface area (Å²) in [6, 6.07) is 0.813. The van der Waals surface area contributed by atoms with Gasteiger partial charge in [-0.25, -0.2) is 0 Å². The van der Waals surface area contributed by atoms with Gasteiger partial charge in [0.15, 0.2) is 23.0 Å².